The fraction of sp³-hybridized carbons (Fsp3) is 0.0556. The second kappa shape index (κ2) is 8.02. The van der Waals surface area contributed by atoms with E-state index in [0.29, 0.717) is 11.4 Å². The number of rotatable bonds is 5. The number of nitrogens with one attached hydrogen (secondary N) is 5. The minimum atomic E-state index is -4.21. The maximum atomic E-state index is 12.3. The quantitative estimate of drug-likeness (QED) is 0.430. The van der Waals surface area contributed by atoms with Gasteiger partial charge in [0.15, 0.2) is 4.90 Å². The fourth-order valence-corrected chi connectivity index (χ4v) is 3.49. The van der Waals surface area contributed by atoms with E-state index in [9.17, 15) is 22.8 Å². The van der Waals surface area contributed by atoms with Crippen molar-refractivity contribution in [2.75, 3.05) is 15.4 Å². The third-order valence-electron chi connectivity index (χ3n) is 3.86. The van der Waals surface area contributed by atoms with Crippen LogP contribution in [0.4, 0.5) is 21.9 Å². The Kier molecular flexibility index (Phi) is 5.50. The lowest BCUT2D eigenvalue weighted by molar-refractivity contribution is 0.262. The Morgan fingerprint density at radius 1 is 0.931 bits per heavy atom. The SMILES string of the molecule is Cc1ccccc1NC(=O)Nc1ccc(NS(=O)(=O)c2c[nH]c(=O)[nH]c2=O)cc1. The van der Waals surface area contributed by atoms with Gasteiger partial charge in [-0.05, 0) is 42.8 Å². The molecule has 1 aromatic heterocycles. The predicted octanol–water partition coefficient (Wildman–Crippen LogP) is 1.82. The number of H-pyrrole nitrogens is 2. The second-order valence-corrected chi connectivity index (χ2v) is 7.66. The smallest absolute Gasteiger partial charge is 0.313 e. The summed E-state index contributed by atoms with van der Waals surface area (Å²) in [5.41, 5.74) is 0.326. The first-order valence-corrected chi connectivity index (χ1v) is 9.81. The van der Waals surface area contributed by atoms with Gasteiger partial charge in [-0.25, -0.2) is 18.0 Å². The molecule has 150 valence electrons. The lowest BCUT2D eigenvalue weighted by Gasteiger charge is -2.11. The van der Waals surface area contributed by atoms with Gasteiger partial charge in [0.1, 0.15) is 0 Å². The molecule has 1 heterocycles. The maximum absolute atomic E-state index is 12.3. The van der Waals surface area contributed by atoms with E-state index >= 15 is 0 Å². The van der Waals surface area contributed by atoms with Crippen LogP contribution < -0.4 is 26.6 Å². The van der Waals surface area contributed by atoms with Gasteiger partial charge in [-0.3, -0.25) is 14.5 Å². The summed E-state index contributed by atoms with van der Waals surface area (Å²) >= 11 is 0. The topological polar surface area (TPSA) is 153 Å². The third-order valence-corrected chi connectivity index (χ3v) is 5.25. The molecule has 0 fully saturated rings. The fourth-order valence-electron chi connectivity index (χ4n) is 2.43. The summed E-state index contributed by atoms with van der Waals surface area (Å²) in [5.74, 6) is 0. The van der Waals surface area contributed by atoms with E-state index in [-0.39, 0.29) is 5.69 Å². The van der Waals surface area contributed by atoms with Crippen molar-refractivity contribution < 1.29 is 13.2 Å². The number of urea groups is 1. The molecule has 0 aliphatic rings. The first kappa shape index (κ1) is 19.9. The number of hydrogen-bond acceptors (Lipinski definition) is 5. The summed E-state index contributed by atoms with van der Waals surface area (Å²) in [4.78, 5) is 38.1. The van der Waals surface area contributed by atoms with Gasteiger partial charge in [0.25, 0.3) is 15.6 Å². The van der Waals surface area contributed by atoms with Gasteiger partial charge in [0.05, 0.1) is 0 Å². The first-order chi connectivity index (χ1) is 13.7. The van der Waals surface area contributed by atoms with Gasteiger partial charge in [-0.15, -0.1) is 0 Å². The monoisotopic (exact) mass is 415 g/mol. The Bertz CT molecular complexity index is 1260. The number of anilines is 3. The average Bonchev–Trinajstić information content (AvgIpc) is 2.64. The lowest BCUT2D eigenvalue weighted by Crippen LogP contribution is -2.29. The van der Waals surface area contributed by atoms with E-state index in [2.05, 4.69) is 20.3 Å². The summed E-state index contributed by atoms with van der Waals surface area (Å²) in [6.07, 6.45) is 0.815. The number of aromatic amines is 2. The van der Waals surface area contributed by atoms with Crippen molar-refractivity contribution >= 4 is 33.1 Å². The van der Waals surface area contributed by atoms with Gasteiger partial charge in [0, 0.05) is 23.3 Å². The molecule has 29 heavy (non-hydrogen) atoms. The molecule has 0 spiro atoms. The Morgan fingerprint density at radius 3 is 2.24 bits per heavy atom. The van der Waals surface area contributed by atoms with Crippen LogP contribution >= 0.6 is 0 Å². The van der Waals surface area contributed by atoms with Crippen LogP contribution in [0.1, 0.15) is 5.56 Å². The van der Waals surface area contributed by atoms with Gasteiger partial charge < -0.3 is 15.6 Å². The Balaban J connectivity index is 1.68. The van der Waals surface area contributed by atoms with E-state index in [1.54, 1.807) is 12.1 Å². The second-order valence-electron chi connectivity index (χ2n) is 6.01. The average molecular weight is 415 g/mol. The molecule has 2 amide bonds. The van der Waals surface area contributed by atoms with E-state index in [0.717, 1.165) is 11.8 Å². The molecule has 0 aliphatic carbocycles. The normalized spacial score (nSPS) is 10.9. The Labute approximate surface area is 165 Å². The van der Waals surface area contributed by atoms with Crippen molar-refractivity contribution in [3.8, 4) is 0 Å². The number of hydrogen-bond donors (Lipinski definition) is 5. The Hall–Kier alpha value is -3.86. The molecular weight excluding hydrogens is 398 g/mol. The van der Waals surface area contributed by atoms with E-state index < -0.39 is 32.2 Å². The van der Waals surface area contributed by atoms with E-state index in [4.69, 9.17) is 0 Å². The van der Waals surface area contributed by atoms with Crippen molar-refractivity contribution in [2.45, 2.75) is 11.8 Å². The molecule has 0 saturated heterocycles. The molecule has 10 nitrogen and oxygen atoms in total. The van der Waals surface area contributed by atoms with Crippen LogP contribution in [-0.2, 0) is 10.0 Å². The highest BCUT2D eigenvalue weighted by Gasteiger charge is 2.19. The van der Waals surface area contributed by atoms with Crippen LogP contribution in [0.3, 0.4) is 0 Å². The number of sulfonamides is 1. The van der Waals surface area contributed by atoms with Crippen LogP contribution in [0.5, 0.6) is 0 Å². The molecule has 11 heteroatoms. The molecule has 0 atom stereocenters. The van der Waals surface area contributed by atoms with Crippen molar-refractivity contribution in [3.63, 3.8) is 0 Å². The summed E-state index contributed by atoms with van der Waals surface area (Å²) in [6.45, 7) is 1.87. The standard InChI is InChI=1S/C18H17N5O5S/c1-11-4-2-3-5-14(11)21-18(26)20-12-6-8-13(9-7-12)23-29(27,28)15-10-19-17(25)22-16(15)24/h2-10,23H,1H3,(H2,20,21,26)(H2,19,22,24,25). The number of amides is 2. The summed E-state index contributed by atoms with van der Waals surface area (Å²) < 4.78 is 26.8. The minimum Gasteiger partial charge on any atom is -0.313 e. The number of carbonyl (C=O) groups excluding carboxylic acids is 1. The number of para-hydroxylation sites is 1. The summed E-state index contributed by atoms with van der Waals surface area (Å²) in [5, 5.41) is 5.35. The molecule has 0 saturated carbocycles. The molecule has 3 rings (SSSR count). The van der Waals surface area contributed by atoms with E-state index in [1.807, 2.05) is 24.0 Å². The van der Waals surface area contributed by atoms with E-state index in [1.165, 1.54) is 24.3 Å². The molecule has 5 N–H and O–H groups in total. The number of carbonyl (C=O) groups is 1. The third kappa shape index (κ3) is 4.90. The lowest BCUT2D eigenvalue weighted by atomic mass is 10.2. The Morgan fingerprint density at radius 2 is 1.59 bits per heavy atom. The molecule has 3 aromatic rings. The number of benzene rings is 2. The summed E-state index contributed by atoms with van der Waals surface area (Å²) in [6, 6.07) is 12.7. The van der Waals surface area contributed by atoms with Crippen molar-refractivity contribution in [2.24, 2.45) is 0 Å². The van der Waals surface area contributed by atoms with Crippen LogP contribution in [0.2, 0.25) is 0 Å². The number of aryl methyl sites for hydroxylation is 1. The molecule has 0 radical (unpaired) electrons. The van der Waals surface area contributed by atoms with Gasteiger partial charge in [-0.1, -0.05) is 18.2 Å². The van der Waals surface area contributed by atoms with Crippen LogP contribution in [0.15, 0.2) is 69.2 Å². The van der Waals surface area contributed by atoms with Gasteiger partial charge in [0.2, 0.25) is 0 Å². The van der Waals surface area contributed by atoms with Gasteiger partial charge in [-0.2, -0.15) is 0 Å². The van der Waals surface area contributed by atoms with Gasteiger partial charge >= 0.3 is 11.7 Å². The molecular formula is C18H17N5O5S. The minimum absolute atomic E-state index is 0.167. The largest absolute Gasteiger partial charge is 0.325 e. The summed E-state index contributed by atoms with van der Waals surface area (Å²) in [7, 11) is -4.21. The maximum Gasteiger partial charge on any atom is 0.325 e. The highest BCUT2D eigenvalue weighted by atomic mass is 32.2. The molecule has 0 aliphatic heterocycles. The molecule has 2 aromatic carbocycles. The highest BCUT2D eigenvalue weighted by Crippen LogP contribution is 2.18. The highest BCUT2D eigenvalue weighted by molar-refractivity contribution is 7.92. The van der Waals surface area contributed by atoms with Crippen molar-refractivity contribution in [1.82, 2.24) is 9.97 Å². The zero-order valence-electron chi connectivity index (χ0n) is 15.1. The zero-order chi connectivity index (χ0) is 21.0. The van der Waals surface area contributed by atoms with Crippen molar-refractivity contribution in [1.29, 1.82) is 0 Å². The van der Waals surface area contributed by atoms with Crippen LogP contribution in [-0.4, -0.2) is 24.4 Å². The predicted molar refractivity (Wildman–Crippen MR) is 109 cm³/mol. The van der Waals surface area contributed by atoms with Crippen LogP contribution in [0.25, 0.3) is 0 Å². The molecule has 0 unspecified atom stereocenters. The molecule has 0 bridgehead atoms. The first-order valence-electron chi connectivity index (χ1n) is 8.33. The zero-order valence-corrected chi connectivity index (χ0v) is 16.0. The van der Waals surface area contributed by atoms with Crippen molar-refractivity contribution in [3.05, 3.63) is 81.1 Å². The number of aromatic nitrogens is 2. The van der Waals surface area contributed by atoms with Crippen LogP contribution in [0, 0.1) is 6.92 Å².